The lowest BCUT2D eigenvalue weighted by atomic mass is 10.2. The van der Waals surface area contributed by atoms with Gasteiger partial charge in [0, 0.05) is 24.2 Å². The third-order valence-electron chi connectivity index (χ3n) is 4.96. The van der Waals surface area contributed by atoms with Crippen LogP contribution in [0.5, 0.6) is 11.5 Å². The topological polar surface area (TPSA) is 136 Å². The highest BCUT2D eigenvalue weighted by molar-refractivity contribution is 7.89. The average Bonchev–Trinajstić information content (AvgIpc) is 2.87. The van der Waals surface area contributed by atoms with Crippen molar-refractivity contribution < 1.29 is 32.2 Å². The number of amides is 2. The fraction of sp³-hybridized carbons (Fsp3) is 0.318. The Hall–Kier alpha value is -3.48. The number of carbonyl (C=O) groups excluding carboxylic acids is 2. The van der Waals surface area contributed by atoms with Crippen LogP contribution in [0.25, 0.3) is 0 Å². The molecule has 0 saturated carbocycles. The third kappa shape index (κ3) is 6.10. The molecule has 0 aliphatic carbocycles. The summed E-state index contributed by atoms with van der Waals surface area (Å²) < 4.78 is 42.3. The molecule has 0 atom stereocenters. The number of hydrogen-bond donors (Lipinski definition) is 2. The molecule has 0 radical (unpaired) electrons. The van der Waals surface area contributed by atoms with Crippen LogP contribution in [0, 0.1) is 0 Å². The first-order chi connectivity index (χ1) is 16.4. The number of nitrogens with zero attached hydrogens (tertiary/aromatic N) is 2. The minimum Gasteiger partial charge on any atom is -0.493 e. The van der Waals surface area contributed by atoms with Crippen LogP contribution in [0.15, 0.2) is 52.5 Å². The zero-order valence-electron chi connectivity index (χ0n) is 18.8. The molecule has 2 amide bonds. The number of nitrogens with one attached hydrogen (secondary N) is 2. The van der Waals surface area contributed by atoms with Crippen molar-refractivity contribution in [2.45, 2.75) is 4.90 Å². The second-order valence-electron chi connectivity index (χ2n) is 7.10. The van der Waals surface area contributed by atoms with E-state index in [2.05, 4.69) is 15.8 Å². The van der Waals surface area contributed by atoms with Gasteiger partial charge in [0.15, 0.2) is 11.5 Å². The number of methoxy groups -OCH3 is 2. The summed E-state index contributed by atoms with van der Waals surface area (Å²) in [5.74, 6) is -0.0777. The summed E-state index contributed by atoms with van der Waals surface area (Å²) in [5.41, 5.74) is 3.13. The van der Waals surface area contributed by atoms with E-state index in [-0.39, 0.29) is 30.1 Å². The standard InChI is InChI=1S/C22H26N4O7S/c1-31-19-5-3-4-17(21(19)32-2)14-24-25-20(27)15-23-22(28)16-6-8-18(9-7-16)34(29,30)26-10-12-33-13-11-26/h3-9,14H,10-13,15H2,1-2H3,(H,23,28)(H,25,27)/b24-14+. The monoisotopic (exact) mass is 490 g/mol. The summed E-state index contributed by atoms with van der Waals surface area (Å²) in [6.07, 6.45) is 1.40. The van der Waals surface area contributed by atoms with Gasteiger partial charge < -0.3 is 19.5 Å². The maximum atomic E-state index is 12.7. The Balaban J connectivity index is 1.52. The highest BCUT2D eigenvalue weighted by Gasteiger charge is 2.26. The molecule has 12 heteroatoms. The molecular formula is C22H26N4O7S. The van der Waals surface area contributed by atoms with Crippen molar-refractivity contribution in [2.75, 3.05) is 47.1 Å². The molecule has 11 nitrogen and oxygen atoms in total. The number of para-hydroxylation sites is 1. The molecule has 1 saturated heterocycles. The Bertz CT molecular complexity index is 1140. The Morgan fingerprint density at radius 2 is 1.79 bits per heavy atom. The Morgan fingerprint density at radius 1 is 1.09 bits per heavy atom. The minimum atomic E-state index is -3.65. The Kier molecular flexibility index (Phi) is 8.57. The van der Waals surface area contributed by atoms with E-state index in [1.54, 1.807) is 18.2 Å². The van der Waals surface area contributed by atoms with Gasteiger partial charge in [0.25, 0.3) is 11.8 Å². The van der Waals surface area contributed by atoms with E-state index >= 15 is 0 Å². The van der Waals surface area contributed by atoms with E-state index in [4.69, 9.17) is 14.2 Å². The molecule has 0 aromatic heterocycles. The van der Waals surface area contributed by atoms with E-state index in [1.165, 1.54) is 49.0 Å². The van der Waals surface area contributed by atoms with E-state index < -0.39 is 21.8 Å². The Labute approximate surface area is 197 Å². The van der Waals surface area contributed by atoms with Gasteiger partial charge in [-0.3, -0.25) is 9.59 Å². The lowest BCUT2D eigenvalue weighted by molar-refractivity contribution is -0.120. The molecule has 0 unspecified atom stereocenters. The molecular weight excluding hydrogens is 464 g/mol. The van der Waals surface area contributed by atoms with Crippen LogP contribution in [0.4, 0.5) is 0 Å². The van der Waals surface area contributed by atoms with Crippen molar-refractivity contribution in [2.24, 2.45) is 5.10 Å². The largest absolute Gasteiger partial charge is 0.493 e. The summed E-state index contributed by atoms with van der Waals surface area (Å²) in [6, 6.07) is 10.7. The van der Waals surface area contributed by atoms with E-state index in [0.717, 1.165) is 0 Å². The van der Waals surface area contributed by atoms with E-state index in [9.17, 15) is 18.0 Å². The van der Waals surface area contributed by atoms with Crippen LogP contribution in [0.2, 0.25) is 0 Å². The highest BCUT2D eigenvalue weighted by Crippen LogP contribution is 2.29. The molecule has 34 heavy (non-hydrogen) atoms. The van der Waals surface area contributed by atoms with Crippen LogP contribution in [0.3, 0.4) is 0 Å². The molecule has 0 bridgehead atoms. The zero-order chi connectivity index (χ0) is 24.6. The summed E-state index contributed by atoms with van der Waals surface area (Å²) in [7, 11) is -0.641. The predicted molar refractivity (Wildman–Crippen MR) is 124 cm³/mol. The van der Waals surface area contributed by atoms with Gasteiger partial charge in [-0.1, -0.05) is 6.07 Å². The predicted octanol–water partition coefficient (Wildman–Crippen LogP) is 0.605. The van der Waals surface area contributed by atoms with Crippen LogP contribution in [0.1, 0.15) is 15.9 Å². The summed E-state index contributed by atoms with van der Waals surface area (Å²) in [5, 5.41) is 6.33. The normalized spacial score (nSPS) is 14.5. The molecule has 1 fully saturated rings. The summed E-state index contributed by atoms with van der Waals surface area (Å²) in [6.45, 7) is 0.941. The van der Waals surface area contributed by atoms with Crippen LogP contribution >= 0.6 is 0 Å². The van der Waals surface area contributed by atoms with Crippen molar-refractivity contribution in [1.82, 2.24) is 15.0 Å². The maximum Gasteiger partial charge on any atom is 0.259 e. The number of sulfonamides is 1. The number of rotatable bonds is 9. The van der Waals surface area contributed by atoms with E-state index in [0.29, 0.717) is 30.3 Å². The quantitative estimate of drug-likeness (QED) is 0.388. The molecule has 2 aromatic carbocycles. The van der Waals surface area contributed by atoms with Gasteiger partial charge in [-0.2, -0.15) is 9.41 Å². The molecule has 1 aliphatic rings. The SMILES string of the molecule is COc1cccc(/C=N/NC(=O)CNC(=O)c2ccc(S(=O)(=O)N3CCOCC3)cc2)c1OC. The van der Waals surface area contributed by atoms with Crippen molar-refractivity contribution in [3.63, 3.8) is 0 Å². The third-order valence-corrected chi connectivity index (χ3v) is 6.87. The Morgan fingerprint density at radius 3 is 2.44 bits per heavy atom. The van der Waals surface area contributed by atoms with Crippen molar-refractivity contribution in [3.05, 3.63) is 53.6 Å². The maximum absolute atomic E-state index is 12.7. The van der Waals surface area contributed by atoms with Gasteiger partial charge in [-0.05, 0) is 36.4 Å². The number of morpholine rings is 1. The van der Waals surface area contributed by atoms with E-state index in [1.807, 2.05) is 0 Å². The second-order valence-corrected chi connectivity index (χ2v) is 9.04. The number of hydrogen-bond acceptors (Lipinski definition) is 8. The average molecular weight is 491 g/mol. The van der Waals surface area contributed by atoms with Crippen LogP contribution < -0.4 is 20.2 Å². The first kappa shape index (κ1) is 25.1. The van der Waals surface area contributed by atoms with Crippen molar-refractivity contribution in [3.8, 4) is 11.5 Å². The first-order valence-corrected chi connectivity index (χ1v) is 11.8. The number of carbonyl (C=O) groups is 2. The van der Waals surface area contributed by atoms with Crippen LogP contribution in [-0.4, -0.2) is 77.8 Å². The first-order valence-electron chi connectivity index (χ1n) is 10.4. The molecule has 3 rings (SSSR count). The lowest BCUT2D eigenvalue weighted by Crippen LogP contribution is -2.40. The van der Waals surface area contributed by atoms with Gasteiger partial charge >= 0.3 is 0 Å². The second kappa shape index (κ2) is 11.6. The molecule has 1 aliphatic heterocycles. The molecule has 0 spiro atoms. The van der Waals surface area contributed by atoms with Gasteiger partial charge in [0.05, 0.1) is 45.1 Å². The molecule has 2 aromatic rings. The molecule has 1 heterocycles. The van der Waals surface area contributed by atoms with Crippen molar-refractivity contribution in [1.29, 1.82) is 0 Å². The number of ether oxygens (including phenoxy) is 3. The highest BCUT2D eigenvalue weighted by atomic mass is 32.2. The number of hydrazone groups is 1. The molecule has 2 N–H and O–H groups in total. The lowest BCUT2D eigenvalue weighted by Gasteiger charge is -2.26. The van der Waals surface area contributed by atoms with Gasteiger partial charge in [0.1, 0.15) is 0 Å². The van der Waals surface area contributed by atoms with Gasteiger partial charge in [0.2, 0.25) is 10.0 Å². The number of benzene rings is 2. The summed E-state index contributed by atoms with van der Waals surface area (Å²) in [4.78, 5) is 24.4. The fourth-order valence-corrected chi connectivity index (χ4v) is 4.61. The fourth-order valence-electron chi connectivity index (χ4n) is 3.20. The zero-order valence-corrected chi connectivity index (χ0v) is 19.6. The van der Waals surface area contributed by atoms with Gasteiger partial charge in [-0.25, -0.2) is 13.8 Å². The van der Waals surface area contributed by atoms with Gasteiger partial charge in [-0.15, -0.1) is 0 Å². The van der Waals surface area contributed by atoms with Crippen molar-refractivity contribution >= 4 is 28.1 Å². The molecule has 182 valence electrons. The summed E-state index contributed by atoms with van der Waals surface area (Å²) >= 11 is 0. The minimum absolute atomic E-state index is 0.0889. The smallest absolute Gasteiger partial charge is 0.259 e. The van der Waals surface area contributed by atoms with Crippen LogP contribution in [-0.2, 0) is 19.6 Å².